The summed E-state index contributed by atoms with van der Waals surface area (Å²) >= 11 is 1.61. The van der Waals surface area contributed by atoms with Gasteiger partial charge in [-0.25, -0.2) is 4.98 Å². The second-order valence-corrected chi connectivity index (χ2v) is 6.57. The number of likely N-dealkylation sites (tertiary alicyclic amines) is 1. The van der Waals surface area contributed by atoms with E-state index in [0.717, 1.165) is 30.1 Å². The molecule has 2 aromatic heterocycles. The van der Waals surface area contributed by atoms with Gasteiger partial charge in [0.1, 0.15) is 5.65 Å². The Morgan fingerprint density at radius 2 is 2.33 bits per heavy atom. The summed E-state index contributed by atoms with van der Waals surface area (Å²) in [6.07, 6.45) is 5.01. The molecular weight excluding hydrogens is 284 g/mol. The number of imidazole rings is 1. The van der Waals surface area contributed by atoms with Crippen LogP contribution in [0.5, 0.6) is 0 Å². The van der Waals surface area contributed by atoms with Gasteiger partial charge in [0, 0.05) is 37.3 Å². The number of fused-ring (bicyclic) bond motifs is 1. The molecule has 1 aliphatic rings. The maximum absolute atomic E-state index is 12.0. The maximum Gasteiger partial charge on any atom is 0.232 e. The minimum Gasteiger partial charge on any atom is -0.340 e. The van der Waals surface area contributed by atoms with Crippen LogP contribution in [0, 0.1) is 6.92 Å². The fraction of sp³-hybridized carbons (Fsp3) is 0.467. The Labute approximate surface area is 128 Å². The molecule has 112 valence electrons. The maximum atomic E-state index is 12.0. The molecule has 0 spiro atoms. The third kappa shape index (κ3) is 3.39. The summed E-state index contributed by atoms with van der Waals surface area (Å²) in [6.45, 7) is 3.56. The lowest BCUT2D eigenvalue weighted by Gasteiger charge is -2.14. The van der Waals surface area contributed by atoms with Crippen LogP contribution in [0.3, 0.4) is 0 Å². The Hall–Kier alpha value is -1.53. The molecule has 1 amide bonds. The molecule has 2 aromatic rings. The van der Waals surface area contributed by atoms with Crippen LogP contribution in [0.25, 0.3) is 5.65 Å². The van der Waals surface area contributed by atoms with Gasteiger partial charge in [0.25, 0.3) is 0 Å². The van der Waals surface area contributed by atoms with E-state index in [1.165, 1.54) is 5.56 Å². The van der Waals surface area contributed by atoms with Gasteiger partial charge in [-0.05, 0) is 25.0 Å². The van der Waals surface area contributed by atoms with Gasteiger partial charge in [-0.2, -0.15) is 0 Å². The summed E-state index contributed by atoms with van der Waals surface area (Å²) in [7, 11) is 0. The highest BCUT2D eigenvalue weighted by atomic mass is 32.2. The molecule has 21 heavy (non-hydrogen) atoms. The molecule has 0 bridgehead atoms. The zero-order valence-corrected chi connectivity index (χ0v) is 13.0. The molecule has 1 saturated heterocycles. The first kappa shape index (κ1) is 14.4. The van der Waals surface area contributed by atoms with E-state index < -0.39 is 0 Å². The summed E-state index contributed by atoms with van der Waals surface area (Å²) in [5.74, 6) is 1.44. The van der Waals surface area contributed by atoms with E-state index in [-0.39, 0.29) is 11.9 Å². The normalized spacial score (nSPS) is 18.6. The fourth-order valence-corrected chi connectivity index (χ4v) is 3.38. The predicted molar refractivity (Wildman–Crippen MR) is 85.3 cm³/mol. The second-order valence-electron chi connectivity index (χ2n) is 5.59. The Morgan fingerprint density at radius 3 is 3.10 bits per heavy atom. The van der Waals surface area contributed by atoms with Crippen LogP contribution in [0.15, 0.2) is 24.5 Å². The van der Waals surface area contributed by atoms with E-state index >= 15 is 0 Å². The molecule has 3 rings (SSSR count). The zero-order chi connectivity index (χ0) is 14.8. The third-order valence-electron chi connectivity index (χ3n) is 3.70. The smallest absolute Gasteiger partial charge is 0.232 e. The number of aromatic nitrogens is 2. The van der Waals surface area contributed by atoms with E-state index in [9.17, 15) is 4.79 Å². The summed E-state index contributed by atoms with van der Waals surface area (Å²) in [5.41, 5.74) is 9.00. The number of rotatable bonds is 4. The van der Waals surface area contributed by atoms with E-state index in [1.54, 1.807) is 11.8 Å². The Morgan fingerprint density at radius 1 is 1.48 bits per heavy atom. The van der Waals surface area contributed by atoms with E-state index in [4.69, 9.17) is 5.73 Å². The van der Waals surface area contributed by atoms with Gasteiger partial charge in [0.2, 0.25) is 5.91 Å². The number of pyridine rings is 1. The Bertz CT molecular complexity index is 654. The van der Waals surface area contributed by atoms with Crippen molar-refractivity contribution in [3.8, 4) is 0 Å². The van der Waals surface area contributed by atoms with Crippen molar-refractivity contribution in [2.75, 3.05) is 18.8 Å². The molecule has 2 N–H and O–H groups in total. The van der Waals surface area contributed by atoms with E-state index in [0.29, 0.717) is 12.3 Å². The zero-order valence-electron chi connectivity index (χ0n) is 12.2. The summed E-state index contributed by atoms with van der Waals surface area (Å²) < 4.78 is 2.03. The number of nitrogens with zero attached hydrogens (tertiary/aromatic N) is 3. The first-order valence-electron chi connectivity index (χ1n) is 7.17. The van der Waals surface area contributed by atoms with Crippen molar-refractivity contribution in [2.45, 2.75) is 25.1 Å². The molecule has 1 aliphatic heterocycles. The topological polar surface area (TPSA) is 63.6 Å². The number of carbonyl (C=O) groups is 1. The van der Waals surface area contributed by atoms with Gasteiger partial charge < -0.3 is 15.0 Å². The van der Waals surface area contributed by atoms with Crippen molar-refractivity contribution in [3.05, 3.63) is 35.8 Å². The largest absolute Gasteiger partial charge is 0.340 e. The van der Waals surface area contributed by atoms with Crippen molar-refractivity contribution >= 4 is 23.3 Å². The summed E-state index contributed by atoms with van der Waals surface area (Å²) in [6, 6.07) is 4.22. The predicted octanol–water partition coefficient (Wildman–Crippen LogP) is 1.44. The molecule has 0 aromatic carbocycles. The average molecular weight is 304 g/mol. The lowest BCUT2D eigenvalue weighted by atomic mass is 10.3. The number of nitrogens with two attached hydrogens (primary N) is 1. The molecule has 1 atom stereocenters. The standard InChI is InChI=1S/C15H20N4OS/c1-11-2-3-14-17-13(8-19(14)6-11)9-21-10-15(20)18-5-4-12(16)7-18/h2-3,6,8,12H,4-5,7,9-10,16H2,1H3/t12-/m1/s1. The minimum absolute atomic E-state index is 0.153. The van der Waals surface area contributed by atoms with Crippen molar-refractivity contribution in [3.63, 3.8) is 0 Å². The van der Waals surface area contributed by atoms with Gasteiger partial charge in [-0.3, -0.25) is 4.79 Å². The highest BCUT2D eigenvalue weighted by Crippen LogP contribution is 2.16. The molecule has 0 saturated carbocycles. The first-order chi connectivity index (χ1) is 10.1. The van der Waals surface area contributed by atoms with Crippen LogP contribution in [-0.4, -0.2) is 45.1 Å². The van der Waals surface area contributed by atoms with E-state index in [1.807, 2.05) is 21.6 Å². The SMILES string of the molecule is Cc1ccc2nc(CSCC(=O)N3CC[C@@H](N)C3)cn2c1. The quantitative estimate of drug-likeness (QED) is 0.928. The van der Waals surface area contributed by atoms with Crippen LogP contribution < -0.4 is 5.73 Å². The van der Waals surface area contributed by atoms with Crippen LogP contribution in [0.2, 0.25) is 0 Å². The Kier molecular flexibility index (Phi) is 4.17. The van der Waals surface area contributed by atoms with Crippen molar-refractivity contribution < 1.29 is 4.79 Å². The monoisotopic (exact) mass is 304 g/mol. The van der Waals surface area contributed by atoms with E-state index in [2.05, 4.69) is 24.2 Å². The number of hydrogen-bond donors (Lipinski definition) is 1. The van der Waals surface area contributed by atoms with Crippen molar-refractivity contribution in [1.29, 1.82) is 0 Å². The third-order valence-corrected chi connectivity index (χ3v) is 4.65. The van der Waals surface area contributed by atoms with Crippen molar-refractivity contribution in [1.82, 2.24) is 14.3 Å². The van der Waals surface area contributed by atoms with Gasteiger partial charge >= 0.3 is 0 Å². The molecule has 0 aliphatic carbocycles. The average Bonchev–Trinajstić information content (AvgIpc) is 3.04. The summed E-state index contributed by atoms with van der Waals surface area (Å²) in [5, 5.41) is 0. The van der Waals surface area contributed by atoms with Crippen molar-refractivity contribution in [2.24, 2.45) is 5.73 Å². The second kappa shape index (κ2) is 6.07. The number of hydrogen-bond acceptors (Lipinski definition) is 4. The van der Waals surface area contributed by atoms with Crippen LogP contribution in [0.4, 0.5) is 0 Å². The minimum atomic E-state index is 0.153. The van der Waals surface area contributed by atoms with Crippen LogP contribution in [-0.2, 0) is 10.5 Å². The number of thioether (sulfide) groups is 1. The van der Waals surface area contributed by atoms with Crippen LogP contribution in [0.1, 0.15) is 17.7 Å². The molecule has 5 nitrogen and oxygen atoms in total. The number of aryl methyl sites for hydroxylation is 1. The first-order valence-corrected chi connectivity index (χ1v) is 8.32. The van der Waals surface area contributed by atoms with Gasteiger partial charge in [0.05, 0.1) is 11.4 Å². The van der Waals surface area contributed by atoms with Gasteiger partial charge in [-0.15, -0.1) is 11.8 Å². The lowest BCUT2D eigenvalue weighted by Crippen LogP contribution is -2.33. The Balaban J connectivity index is 1.53. The lowest BCUT2D eigenvalue weighted by molar-refractivity contribution is -0.127. The summed E-state index contributed by atoms with van der Waals surface area (Å²) in [4.78, 5) is 18.4. The van der Waals surface area contributed by atoms with Gasteiger partial charge in [0.15, 0.2) is 0 Å². The van der Waals surface area contributed by atoms with Crippen LogP contribution >= 0.6 is 11.8 Å². The van der Waals surface area contributed by atoms with Gasteiger partial charge in [-0.1, -0.05) is 6.07 Å². The number of amides is 1. The fourth-order valence-electron chi connectivity index (χ4n) is 2.57. The molecule has 0 radical (unpaired) electrons. The number of carbonyl (C=O) groups excluding carboxylic acids is 1. The highest BCUT2D eigenvalue weighted by molar-refractivity contribution is 7.99. The molecular formula is C15H20N4OS. The molecule has 1 fully saturated rings. The highest BCUT2D eigenvalue weighted by Gasteiger charge is 2.23. The molecule has 3 heterocycles. The molecule has 6 heteroatoms. The molecule has 0 unspecified atom stereocenters.